The average Bonchev–Trinajstić information content (AvgIpc) is 3.19. The first kappa shape index (κ1) is 18.7. The van der Waals surface area contributed by atoms with Crippen molar-refractivity contribution in [1.29, 1.82) is 0 Å². The van der Waals surface area contributed by atoms with Gasteiger partial charge in [-0.25, -0.2) is 0 Å². The summed E-state index contributed by atoms with van der Waals surface area (Å²) in [5.41, 5.74) is 0.956. The Morgan fingerprint density at radius 3 is 2.63 bits per heavy atom. The zero-order valence-corrected chi connectivity index (χ0v) is 15.4. The van der Waals surface area contributed by atoms with Crippen LogP contribution in [0.15, 0.2) is 65.3 Å². The molecule has 2 amide bonds. The molecule has 0 aliphatic heterocycles. The van der Waals surface area contributed by atoms with Gasteiger partial charge in [-0.05, 0) is 41.8 Å². The van der Waals surface area contributed by atoms with E-state index in [1.54, 1.807) is 6.26 Å². The maximum atomic E-state index is 12.2. The molecule has 0 bridgehead atoms. The third kappa shape index (κ3) is 5.45. The maximum absolute atomic E-state index is 12.2. The van der Waals surface area contributed by atoms with E-state index in [1.165, 1.54) is 0 Å². The molecule has 5 nitrogen and oxygen atoms in total. The van der Waals surface area contributed by atoms with E-state index in [1.807, 2.05) is 61.5 Å². The van der Waals surface area contributed by atoms with Crippen molar-refractivity contribution in [2.45, 2.75) is 32.2 Å². The molecule has 0 unspecified atom stereocenters. The molecule has 2 N–H and O–H groups in total. The molecule has 0 spiro atoms. The molecule has 27 heavy (non-hydrogen) atoms. The standard InChI is InChI=1S/C22H24N2O3/c1-16(11-12-19-9-5-13-27-19)24-22(26)15-23-21(25)14-18-8-4-7-17-6-2-3-10-20(17)18/h2-10,13,16H,11-12,14-15H2,1H3,(H,23,25)(H,24,26)/t16-/m1/s1. The van der Waals surface area contributed by atoms with E-state index in [-0.39, 0.29) is 30.8 Å². The molecule has 5 heteroatoms. The molecule has 1 atom stereocenters. The number of carbonyl (C=O) groups excluding carboxylic acids is 2. The number of rotatable bonds is 8. The van der Waals surface area contributed by atoms with Crippen LogP contribution in [-0.4, -0.2) is 24.4 Å². The van der Waals surface area contributed by atoms with Crippen molar-refractivity contribution >= 4 is 22.6 Å². The molecule has 1 heterocycles. The number of fused-ring (bicyclic) bond motifs is 1. The number of aryl methyl sites for hydroxylation is 1. The number of carbonyl (C=O) groups is 2. The Labute approximate surface area is 158 Å². The highest BCUT2D eigenvalue weighted by Crippen LogP contribution is 2.18. The van der Waals surface area contributed by atoms with Crippen molar-refractivity contribution in [1.82, 2.24) is 10.6 Å². The molecule has 0 aliphatic carbocycles. The van der Waals surface area contributed by atoms with Crippen molar-refractivity contribution < 1.29 is 14.0 Å². The lowest BCUT2D eigenvalue weighted by atomic mass is 10.0. The van der Waals surface area contributed by atoms with Crippen LogP contribution in [0.1, 0.15) is 24.7 Å². The van der Waals surface area contributed by atoms with Crippen molar-refractivity contribution in [2.24, 2.45) is 0 Å². The van der Waals surface area contributed by atoms with Gasteiger partial charge in [-0.1, -0.05) is 42.5 Å². The summed E-state index contributed by atoms with van der Waals surface area (Å²) >= 11 is 0. The van der Waals surface area contributed by atoms with Crippen LogP contribution in [0.4, 0.5) is 0 Å². The highest BCUT2D eigenvalue weighted by atomic mass is 16.3. The van der Waals surface area contributed by atoms with Crippen LogP contribution in [0.25, 0.3) is 10.8 Å². The molecule has 3 rings (SSSR count). The minimum Gasteiger partial charge on any atom is -0.469 e. The van der Waals surface area contributed by atoms with Gasteiger partial charge >= 0.3 is 0 Å². The van der Waals surface area contributed by atoms with Gasteiger partial charge < -0.3 is 15.1 Å². The Hall–Kier alpha value is -3.08. The summed E-state index contributed by atoms with van der Waals surface area (Å²) < 4.78 is 5.29. The fraction of sp³-hybridized carbons (Fsp3) is 0.273. The Morgan fingerprint density at radius 2 is 1.81 bits per heavy atom. The molecule has 140 valence electrons. The minimum absolute atomic E-state index is 0.0116. The van der Waals surface area contributed by atoms with Crippen LogP contribution in [0.2, 0.25) is 0 Å². The molecule has 0 saturated carbocycles. The van der Waals surface area contributed by atoms with Crippen LogP contribution in [0.3, 0.4) is 0 Å². The van der Waals surface area contributed by atoms with Gasteiger partial charge in [0.25, 0.3) is 0 Å². The Bertz CT molecular complexity index is 898. The van der Waals surface area contributed by atoms with Crippen molar-refractivity contribution in [3.63, 3.8) is 0 Å². The zero-order chi connectivity index (χ0) is 19.1. The van der Waals surface area contributed by atoms with Gasteiger partial charge in [0.2, 0.25) is 11.8 Å². The van der Waals surface area contributed by atoms with Gasteiger partial charge in [0.1, 0.15) is 5.76 Å². The molecular weight excluding hydrogens is 340 g/mol. The third-order valence-corrected chi connectivity index (χ3v) is 4.49. The number of nitrogens with one attached hydrogen (secondary N) is 2. The van der Waals surface area contributed by atoms with Gasteiger partial charge in [-0.15, -0.1) is 0 Å². The predicted molar refractivity (Wildman–Crippen MR) is 105 cm³/mol. The lowest BCUT2D eigenvalue weighted by Gasteiger charge is -2.14. The first-order valence-electron chi connectivity index (χ1n) is 9.17. The van der Waals surface area contributed by atoms with E-state index in [4.69, 9.17) is 4.42 Å². The Kier molecular flexibility index (Phi) is 6.26. The second kappa shape index (κ2) is 9.03. The van der Waals surface area contributed by atoms with Crippen LogP contribution >= 0.6 is 0 Å². The smallest absolute Gasteiger partial charge is 0.239 e. The summed E-state index contributed by atoms with van der Waals surface area (Å²) in [7, 11) is 0. The number of benzene rings is 2. The number of hydrogen-bond acceptors (Lipinski definition) is 3. The van der Waals surface area contributed by atoms with Gasteiger partial charge in [-0.2, -0.15) is 0 Å². The lowest BCUT2D eigenvalue weighted by Crippen LogP contribution is -2.41. The first-order chi connectivity index (χ1) is 13.1. The molecule has 0 radical (unpaired) electrons. The largest absolute Gasteiger partial charge is 0.469 e. The van der Waals surface area contributed by atoms with E-state index < -0.39 is 0 Å². The third-order valence-electron chi connectivity index (χ3n) is 4.49. The van der Waals surface area contributed by atoms with Crippen molar-refractivity contribution in [3.8, 4) is 0 Å². The quantitative estimate of drug-likeness (QED) is 0.645. The van der Waals surface area contributed by atoms with Crippen molar-refractivity contribution in [2.75, 3.05) is 6.54 Å². The van der Waals surface area contributed by atoms with Crippen LogP contribution in [0, 0.1) is 0 Å². The number of furan rings is 1. The zero-order valence-electron chi connectivity index (χ0n) is 15.4. The number of hydrogen-bond donors (Lipinski definition) is 2. The molecule has 0 fully saturated rings. The summed E-state index contributed by atoms with van der Waals surface area (Å²) in [4.78, 5) is 24.3. The monoisotopic (exact) mass is 364 g/mol. The topological polar surface area (TPSA) is 71.3 Å². The van der Waals surface area contributed by atoms with Gasteiger partial charge in [0.05, 0.1) is 19.2 Å². The Balaban J connectivity index is 1.43. The molecule has 1 aromatic heterocycles. The van der Waals surface area contributed by atoms with Gasteiger partial charge in [0, 0.05) is 12.5 Å². The second-order valence-electron chi connectivity index (χ2n) is 6.68. The Morgan fingerprint density at radius 1 is 1.00 bits per heavy atom. The van der Waals surface area contributed by atoms with Crippen LogP contribution < -0.4 is 10.6 Å². The maximum Gasteiger partial charge on any atom is 0.239 e. The average molecular weight is 364 g/mol. The second-order valence-corrected chi connectivity index (χ2v) is 6.68. The fourth-order valence-corrected chi connectivity index (χ4v) is 3.07. The van der Waals surface area contributed by atoms with E-state index in [0.29, 0.717) is 0 Å². The van der Waals surface area contributed by atoms with Gasteiger partial charge in [-0.3, -0.25) is 9.59 Å². The molecule has 0 aliphatic rings. The van der Waals surface area contributed by atoms with Crippen molar-refractivity contribution in [3.05, 3.63) is 72.2 Å². The summed E-state index contributed by atoms with van der Waals surface area (Å²) in [5, 5.41) is 7.76. The number of amides is 2. The minimum atomic E-state index is -0.187. The first-order valence-corrected chi connectivity index (χ1v) is 9.17. The summed E-state index contributed by atoms with van der Waals surface area (Å²) in [6.07, 6.45) is 3.44. The fourth-order valence-electron chi connectivity index (χ4n) is 3.07. The molecule has 0 saturated heterocycles. The van der Waals surface area contributed by atoms with E-state index in [0.717, 1.165) is 34.9 Å². The van der Waals surface area contributed by atoms with Crippen LogP contribution in [0.5, 0.6) is 0 Å². The predicted octanol–water partition coefficient (Wildman–Crippen LogP) is 3.23. The molecule has 3 aromatic rings. The highest BCUT2D eigenvalue weighted by molar-refractivity contribution is 5.91. The summed E-state index contributed by atoms with van der Waals surface area (Å²) in [5.74, 6) is 0.553. The lowest BCUT2D eigenvalue weighted by molar-refractivity contribution is -0.126. The van der Waals surface area contributed by atoms with Crippen LogP contribution in [-0.2, 0) is 22.4 Å². The highest BCUT2D eigenvalue weighted by Gasteiger charge is 2.11. The normalized spacial score (nSPS) is 11.9. The van der Waals surface area contributed by atoms with E-state index in [2.05, 4.69) is 10.6 Å². The summed E-state index contributed by atoms with van der Waals surface area (Å²) in [6.45, 7) is 1.92. The SMILES string of the molecule is C[C@H](CCc1ccco1)NC(=O)CNC(=O)Cc1cccc2ccccc12. The van der Waals surface area contributed by atoms with Gasteiger partial charge in [0.15, 0.2) is 0 Å². The van der Waals surface area contributed by atoms with E-state index >= 15 is 0 Å². The molecule has 2 aromatic carbocycles. The summed E-state index contributed by atoms with van der Waals surface area (Å²) in [6, 6.07) is 17.7. The van der Waals surface area contributed by atoms with E-state index in [9.17, 15) is 9.59 Å². The molecular formula is C22H24N2O3.